The van der Waals surface area contributed by atoms with Crippen LogP contribution in [0.15, 0.2) is 62.0 Å². The normalized spacial score (nSPS) is 23.1. The number of carbonyl (C=O) groups is 3. The number of furan rings is 2. The van der Waals surface area contributed by atoms with Crippen LogP contribution >= 0.6 is 11.3 Å². The Labute approximate surface area is 187 Å². The topological polar surface area (TPSA) is 108 Å². The first-order chi connectivity index (χ1) is 15.4. The molecule has 0 saturated carbocycles. The standard InChI is InChI=1S/C22H20N4O5S/c1-13-7-8-18(31-13)22(2)20(28)25(21(29)23-22)12-19(27)26-15(17-6-4-10-32-17)11-14(24-26)16-5-3-9-30-16/h3-10,15H,11-12H2,1-2H3,(H,23,29). The average molecular weight is 452 g/mol. The fourth-order valence-corrected chi connectivity index (χ4v) is 4.76. The summed E-state index contributed by atoms with van der Waals surface area (Å²) in [5.41, 5.74) is -0.735. The quantitative estimate of drug-likeness (QED) is 0.597. The Morgan fingerprint density at radius 3 is 2.78 bits per heavy atom. The Morgan fingerprint density at radius 2 is 2.12 bits per heavy atom. The van der Waals surface area contributed by atoms with E-state index >= 15 is 0 Å². The molecule has 164 valence electrons. The summed E-state index contributed by atoms with van der Waals surface area (Å²) in [5.74, 6) is 0.505. The number of urea groups is 1. The minimum atomic E-state index is -1.37. The molecule has 1 N–H and O–H groups in total. The summed E-state index contributed by atoms with van der Waals surface area (Å²) in [6.07, 6.45) is 2.02. The van der Waals surface area contributed by atoms with E-state index < -0.39 is 29.9 Å². The first-order valence-corrected chi connectivity index (χ1v) is 10.9. The largest absolute Gasteiger partial charge is 0.463 e. The van der Waals surface area contributed by atoms with Crippen LogP contribution < -0.4 is 5.32 Å². The lowest BCUT2D eigenvalue weighted by Crippen LogP contribution is -2.43. The summed E-state index contributed by atoms with van der Waals surface area (Å²) in [6.45, 7) is 2.88. The summed E-state index contributed by atoms with van der Waals surface area (Å²) in [7, 11) is 0. The minimum Gasteiger partial charge on any atom is -0.463 e. The molecule has 0 aliphatic carbocycles. The van der Waals surface area contributed by atoms with Crippen LogP contribution in [0.2, 0.25) is 0 Å². The van der Waals surface area contributed by atoms with Crippen LogP contribution in [0.25, 0.3) is 0 Å². The van der Waals surface area contributed by atoms with Crippen molar-refractivity contribution in [3.05, 3.63) is 70.2 Å². The van der Waals surface area contributed by atoms with Crippen molar-refractivity contribution in [1.29, 1.82) is 0 Å². The van der Waals surface area contributed by atoms with E-state index in [0.717, 1.165) is 9.78 Å². The molecule has 9 nitrogen and oxygen atoms in total. The van der Waals surface area contributed by atoms with Crippen molar-refractivity contribution < 1.29 is 23.2 Å². The van der Waals surface area contributed by atoms with E-state index in [0.29, 0.717) is 29.4 Å². The fourth-order valence-electron chi connectivity index (χ4n) is 3.95. The van der Waals surface area contributed by atoms with Gasteiger partial charge in [0.2, 0.25) is 0 Å². The van der Waals surface area contributed by atoms with E-state index in [1.807, 2.05) is 17.5 Å². The van der Waals surface area contributed by atoms with Crippen molar-refractivity contribution in [3.63, 3.8) is 0 Å². The fraction of sp³-hybridized carbons (Fsp3) is 0.273. The lowest BCUT2D eigenvalue weighted by molar-refractivity contribution is -0.140. The molecule has 0 radical (unpaired) electrons. The molecule has 32 heavy (non-hydrogen) atoms. The van der Waals surface area contributed by atoms with Gasteiger partial charge >= 0.3 is 6.03 Å². The van der Waals surface area contributed by atoms with Crippen LogP contribution in [0.4, 0.5) is 4.79 Å². The summed E-state index contributed by atoms with van der Waals surface area (Å²) >= 11 is 1.51. The highest BCUT2D eigenvalue weighted by Gasteiger charge is 2.52. The lowest BCUT2D eigenvalue weighted by atomic mass is 9.99. The Bertz CT molecular complexity index is 1210. The van der Waals surface area contributed by atoms with Crippen LogP contribution in [-0.2, 0) is 15.1 Å². The highest BCUT2D eigenvalue weighted by molar-refractivity contribution is 7.10. The number of imide groups is 1. The van der Waals surface area contributed by atoms with Crippen LogP contribution in [0.5, 0.6) is 0 Å². The maximum atomic E-state index is 13.3. The van der Waals surface area contributed by atoms with Crippen molar-refractivity contribution in [2.24, 2.45) is 5.10 Å². The average Bonchev–Trinajstić information content (AvgIpc) is 3.55. The van der Waals surface area contributed by atoms with Gasteiger partial charge in [0.15, 0.2) is 5.54 Å². The zero-order valence-electron chi connectivity index (χ0n) is 17.4. The van der Waals surface area contributed by atoms with Crippen molar-refractivity contribution >= 4 is 34.9 Å². The number of hydrazone groups is 1. The molecule has 2 aliphatic heterocycles. The Morgan fingerprint density at radius 1 is 1.28 bits per heavy atom. The van der Waals surface area contributed by atoms with E-state index in [-0.39, 0.29) is 6.04 Å². The third-order valence-corrected chi connectivity index (χ3v) is 6.62. The summed E-state index contributed by atoms with van der Waals surface area (Å²) < 4.78 is 11.0. The van der Waals surface area contributed by atoms with Gasteiger partial charge in [0, 0.05) is 11.3 Å². The molecule has 0 bridgehead atoms. The lowest BCUT2D eigenvalue weighted by Gasteiger charge is -2.23. The third-order valence-electron chi connectivity index (χ3n) is 5.64. The molecule has 0 spiro atoms. The van der Waals surface area contributed by atoms with E-state index in [1.165, 1.54) is 16.3 Å². The molecule has 4 amide bonds. The highest BCUT2D eigenvalue weighted by atomic mass is 32.1. The van der Waals surface area contributed by atoms with Gasteiger partial charge in [0.25, 0.3) is 11.8 Å². The molecule has 10 heteroatoms. The molecule has 1 fully saturated rings. The second kappa shape index (κ2) is 7.49. The van der Waals surface area contributed by atoms with Gasteiger partial charge in [-0.25, -0.2) is 9.80 Å². The van der Waals surface area contributed by atoms with Crippen LogP contribution in [-0.4, -0.2) is 40.0 Å². The van der Waals surface area contributed by atoms with E-state index in [9.17, 15) is 14.4 Å². The summed E-state index contributed by atoms with van der Waals surface area (Å²) in [4.78, 5) is 40.9. The third kappa shape index (κ3) is 3.23. The van der Waals surface area contributed by atoms with Gasteiger partial charge in [0.05, 0.1) is 12.3 Å². The van der Waals surface area contributed by atoms with Crippen LogP contribution in [0.3, 0.4) is 0 Å². The predicted molar refractivity (Wildman–Crippen MR) is 115 cm³/mol. The van der Waals surface area contributed by atoms with Crippen molar-refractivity contribution in [2.75, 3.05) is 6.54 Å². The van der Waals surface area contributed by atoms with Gasteiger partial charge in [-0.2, -0.15) is 5.10 Å². The molecule has 0 aromatic carbocycles. The number of hydrogen-bond acceptors (Lipinski definition) is 7. The number of carbonyl (C=O) groups excluding carboxylic acids is 3. The molecule has 2 atom stereocenters. The number of thiophene rings is 1. The SMILES string of the molecule is Cc1ccc(C2(C)NC(=O)N(CC(=O)N3N=C(c4ccco4)CC3c3cccs3)C2=O)o1. The number of nitrogens with zero attached hydrogens (tertiary/aromatic N) is 3. The van der Waals surface area contributed by atoms with Crippen molar-refractivity contribution in [1.82, 2.24) is 15.2 Å². The minimum absolute atomic E-state index is 0.319. The smallest absolute Gasteiger partial charge is 0.325 e. The molecule has 2 unspecified atom stereocenters. The molecule has 5 rings (SSSR count). The van der Waals surface area contributed by atoms with E-state index in [4.69, 9.17) is 8.83 Å². The van der Waals surface area contributed by atoms with Gasteiger partial charge in [-0.05, 0) is 49.6 Å². The molecule has 1 saturated heterocycles. The molecular formula is C22H20N4O5S. The van der Waals surface area contributed by atoms with Crippen molar-refractivity contribution in [2.45, 2.75) is 31.8 Å². The van der Waals surface area contributed by atoms with Crippen LogP contribution in [0.1, 0.15) is 41.5 Å². The van der Waals surface area contributed by atoms with E-state index in [1.54, 1.807) is 44.4 Å². The maximum absolute atomic E-state index is 13.3. The van der Waals surface area contributed by atoms with Gasteiger partial charge in [-0.1, -0.05) is 6.07 Å². The summed E-state index contributed by atoms with van der Waals surface area (Å²) in [6, 6.07) is 9.76. The first kappa shape index (κ1) is 20.3. The molecule has 5 heterocycles. The first-order valence-electron chi connectivity index (χ1n) is 10.0. The second-order valence-electron chi connectivity index (χ2n) is 7.85. The maximum Gasteiger partial charge on any atom is 0.325 e. The number of nitrogens with one attached hydrogen (secondary N) is 1. The number of aryl methyl sites for hydroxylation is 1. The van der Waals surface area contributed by atoms with E-state index in [2.05, 4.69) is 10.4 Å². The zero-order valence-corrected chi connectivity index (χ0v) is 18.2. The molecule has 3 aromatic rings. The van der Waals surface area contributed by atoms with Crippen molar-refractivity contribution in [3.8, 4) is 0 Å². The zero-order chi connectivity index (χ0) is 22.5. The van der Waals surface area contributed by atoms with Gasteiger partial charge < -0.3 is 14.2 Å². The monoisotopic (exact) mass is 452 g/mol. The summed E-state index contributed by atoms with van der Waals surface area (Å²) in [5, 5.41) is 10.4. The molecule has 3 aromatic heterocycles. The number of rotatable bonds is 5. The van der Waals surface area contributed by atoms with Gasteiger partial charge in [-0.15, -0.1) is 11.3 Å². The Hall–Kier alpha value is -3.66. The molecule has 2 aliphatic rings. The predicted octanol–water partition coefficient (Wildman–Crippen LogP) is 3.39. The van der Waals surface area contributed by atoms with Gasteiger partial charge in [-0.3, -0.25) is 14.5 Å². The van der Waals surface area contributed by atoms with Crippen LogP contribution in [0, 0.1) is 6.92 Å². The Balaban J connectivity index is 1.40. The number of hydrogen-bond donors (Lipinski definition) is 1. The number of amides is 4. The molecular weight excluding hydrogens is 432 g/mol. The Kier molecular flexibility index (Phi) is 4.74. The van der Waals surface area contributed by atoms with Gasteiger partial charge in [0.1, 0.15) is 29.5 Å². The second-order valence-corrected chi connectivity index (χ2v) is 8.83. The highest BCUT2D eigenvalue weighted by Crippen LogP contribution is 2.36.